The predicted molar refractivity (Wildman–Crippen MR) is 92.8 cm³/mol. The van der Waals surface area contributed by atoms with Gasteiger partial charge < -0.3 is 19.7 Å². The Kier molecular flexibility index (Phi) is 4.31. The van der Waals surface area contributed by atoms with Crippen molar-refractivity contribution in [2.45, 2.75) is 25.4 Å². The van der Waals surface area contributed by atoms with Gasteiger partial charge in [0.15, 0.2) is 11.5 Å². The van der Waals surface area contributed by atoms with Crippen LogP contribution in [0.15, 0.2) is 35.7 Å². The lowest BCUT2D eigenvalue weighted by Gasteiger charge is -2.23. The fourth-order valence-corrected chi connectivity index (χ4v) is 3.86. The van der Waals surface area contributed by atoms with Gasteiger partial charge in [-0.15, -0.1) is 11.3 Å². The first-order valence-electron chi connectivity index (χ1n) is 8.23. The van der Waals surface area contributed by atoms with Crippen molar-refractivity contribution in [2.75, 3.05) is 13.3 Å². The molecule has 0 bridgehead atoms. The molecule has 1 aromatic heterocycles. The maximum Gasteiger partial charge on any atom is 0.264 e. The molecule has 1 atom stereocenters. The maximum atomic E-state index is 12.6. The minimum atomic E-state index is -0.399. The van der Waals surface area contributed by atoms with Crippen molar-refractivity contribution in [2.24, 2.45) is 0 Å². The zero-order valence-corrected chi connectivity index (χ0v) is 14.4. The average Bonchev–Trinajstić information content (AvgIpc) is 3.39. The molecule has 0 saturated carbocycles. The average molecular weight is 358 g/mol. The topological polar surface area (TPSA) is 67.9 Å². The van der Waals surface area contributed by atoms with Crippen molar-refractivity contribution in [1.82, 2.24) is 10.2 Å². The van der Waals surface area contributed by atoms with Gasteiger partial charge in [-0.3, -0.25) is 9.59 Å². The van der Waals surface area contributed by atoms with Gasteiger partial charge in [-0.2, -0.15) is 0 Å². The van der Waals surface area contributed by atoms with E-state index >= 15 is 0 Å². The first-order chi connectivity index (χ1) is 12.2. The molecule has 1 aromatic carbocycles. The molecular formula is C18H18N2O4S. The van der Waals surface area contributed by atoms with E-state index in [-0.39, 0.29) is 18.6 Å². The van der Waals surface area contributed by atoms with Crippen molar-refractivity contribution in [3.63, 3.8) is 0 Å². The number of rotatable bonds is 4. The Morgan fingerprint density at radius 1 is 1.24 bits per heavy atom. The van der Waals surface area contributed by atoms with Gasteiger partial charge in [-0.1, -0.05) is 12.1 Å². The Bertz CT molecular complexity index is 790. The molecule has 2 aliphatic rings. The molecule has 0 aliphatic carbocycles. The molecule has 1 fully saturated rings. The lowest BCUT2D eigenvalue weighted by atomic mass is 10.1. The largest absolute Gasteiger partial charge is 0.454 e. The second-order valence-corrected chi connectivity index (χ2v) is 6.99. The number of fused-ring (bicyclic) bond motifs is 1. The molecule has 2 aliphatic heterocycles. The van der Waals surface area contributed by atoms with E-state index in [1.54, 1.807) is 11.0 Å². The summed E-state index contributed by atoms with van der Waals surface area (Å²) in [7, 11) is 0. The zero-order chi connectivity index (χ0) is 17.2. The standard InChI is InChI=1S/C18H18N2O4S/c21-17(19-10-12-5-6-14-15(9-12)24-11-23-14)13-3-1-7-20(13)18(22)16-4-2-8-25-16/h2,4-6,8-9,13H,1,3,7,10-11H2,(H,19,21). The van der Waals surface area contributed by atoms with Gasteiger partial charge in [0.25, 0.3) is 5.91 Å². The van der Waals surface area contributed by atoms with Crippen molar-refractivity contribution in [1.29, 1.82) is 0 Å². The first kappa shape index (κ1) is 16.0. The van der Waals surface area contributed by atoms with Crippen LogP contribution in [0.3, 0.4) is 0 Å². The molecule has 3 heterocycles. The highest BCUT2D eigenvalue weighted by Crippen LogP contribution is 2.32. The SMILES string of the molecule is O=C(NCc1ccc2c(c1)OCO2)C1CCCN1C(=O)c1cccs1. The van der Waals surface area contributed by atoms with E-state index in [0.29, 0.717) is 30.1 Å². The number of ether oxygens (including phenoxy) is 2. The van der Waals surface area contributed by atoms with E-state index in [9.17, 15) is 9.59 Å². The summed E-state index contributed by atoms with van der Waals surface area (Å²) in [4.78, 5) is 27.5. The number of hydrogen-bond donors (Lipinski definition) is 1. The van der Waals surface area contributed by atoms with Crippen LogP contribution in [0.5, 0.6) is 11.5 Å². The number of carbonyl (C=O) groups is 2. The Morgan fingerprint density at radius 2 is 2.12 bits per heavy atom. The van der Waals surface area contributed by atoms with E-state index in [0.717, 1.165) is 17.7 Å². The monoisotopic (exact) mass is 358 g/mol. The highest BCUT2D eigenvalue weighted by atomic mass is 32.1. The molecule has 2 aromatic rings. The van der Waals surface area contributed by atoms with Crippen LogP contribution in [0.4, 0.5) is 0 Å². The zero-order valence-electron chi connectivity index (χ0n) is 13.6. The minimum Gasteiger partial charge on any atom is -0.454 e. The normalized spacial score (nSPS) is 18.4. The second-order valence-electron chi connectivity index (χ2n) is 6.04. The molecule has 1 unspecified atom stereocenters. The van der Waals surface area contributed by atoms with Crippen LogP contribution in [-0.2, 0) is 11.3 Å². The van der Waals surface area contributed by atoms with Crippen LogP contribution in [-0.4, -0.2) is 36.1 Å². The Morgan fingerprint density at radius 3 is 2.96 bits per heavy atom. The van der Waals surface area contributed by atoms with Crippen LogP contribution >= 0.6 is 11.3 Å². The summed E-state index contributed by atoms with van der Waals surface area (Å²) in [5.41, 5.74) is 0.937. The summed E-state index contributed by atoms with van der Waals surface area (Å²) >= 11 is 1.40. The van der Waals surface area contributed by atoms with Crippen molar-refractivity contribution >= 4 is 23.2 Å². The summed E-state index contributed by atoms with van der Waals surface area (Å²) < 4.78 is 10.6. The summed E-state index contributed by atoms with van der Waals surface area (Å²) in [6, 6.07) is 8.85. The van der Waals surface area contributed by atoms with Crippen molar-refractivity contribution in [3.8, 4) is 11.5 Å². The van der Waals surface area contributed by atoms with Gasteiger partial charge in [-0.05, 0) is 42.0 Å². The summed E-state index contributed by atoms with van der Waals surface area (Å²) in [6.45, 7) is 1.25. The molecule has 0 spiro atoms. The molecule has 4 rings (SSSR count). The lowest BCUT2D eigenvalue weighted by molar-refractivity contribution is -0.125. The number of nitrogens with zero attached hydrogens (tertiary/aromatic N) is 1. The number of likely N-dealkylation sites (tertiary alicyclic amines) is 1. The molecule has 7 heteroatoms. The molecule has 130 valence electrons. The number of hydrogen-bond acceptors (Lipinski definition) is 5. The van der Waals surface area contributed by atoms with Gasteiger partial charge in [0.1, 0.15) is 6.04 Å². The molecule has 2 amide bonds. The Balaban J connectivity index is 1.39. The maximum absolute atomic E-state index is 12.6. The third-order valence-corrected chi connectivity index (χ3v) is 5.31. The molecule has 0 radical (unpaired) electrons. The van der Waals surface area contributed by atoms with E-state index < -0.39 is 6.04 Å². The summed E-state index contributed by atoms with van der Waals surface area (Å²) in [6.07, 6.45) is 1.54. The number of nitrogens with one attached hydrogen (secondary N) is 1. The molecule has 6 nitrogen and oxygen atoms in total. The van der Waals surface area contributed by atoms with Gasteiger partial charge in [0.2, 0.25) is 12.7 Å². The smallest absolute Gasteiger partial charge is 0.264 e. The van der Waals surface area contributed by atoms with Gasteiger partial charge in [0, 0.05) is 13.1 Å². The van der Waals surface area contributed by atoms with Gasteiger partial charge in [-0.25, -0.2) is 0 Å². The predicted octanol–water partition coefficient (Wildman–Crippen LogP) is 2.40. The number of thiophene rings is 1. The van der Waals surface area contributed by atoms with Gasteiger partial charge >= 0.3 is 0 Å². The molecule has 25 heavy (non-hydrogen) atoms. The molecular weight excluding hydrogens is 340 g/mol. The van der Waals surface area contributed by atoms with Crippen LogP contribution in [0.2, 0.25) is 0 Å². The van der Waals surface area contributed by atoms with E-state index in [1.807, 2.05) is 29.6 Å². The van der Waals surface area contributed by atoms with E-state index in [4.69, 9.17) is 9.47 Å². The van der Waals surface area contributed by atoms with Crippen LogP contribution in [0.25, 0.3) is 0 Å². The summed E-state index contributed by atoms with van der Waals surface area (Å²) in [5.74, 6) is 1.25. The fraction of sp³-hybridized carbons (Fsp3) is 0.333. The van der Waals surface area contributed by atoms with Crippen LogP contribution in [0, 0.1) is 0 Å². The van der Waals surface area contributed by atoms with Crippen molar-refractivity contribution in [3.05, 3.63) is 46.2 Å². The van der Waals surface area contributed by atoms with E-state index in [1.165, 1.54) is 11.3 Å². The number of carbonyl (C=O) groups excluding carboxylic acids is 2. The third-order valence-electron chi connectivity index (χ3n) is 4.45. The fourth-order valence-electron chi connectivity index (χ4n) is 3.18. The quantitative estimate of drug-likeness (QED) is 0.911. The Labute approximate surface area is 149 Å². The number of amides is 2. The first-order valence-corrected chi connectivity index (χ1v) is 9.11. The molecule has 1 N–H and O–H groups in total. The van der Waals surface area contributed by atoms with E-state index in [2.05, 4.69) is 5.32 Å². The second kappa shape index (κ2) is 6.76. The Hall–Kier alpha value is -2.54. The number of benzene rings is 1. The third kappa shape index (κ3) is 3.19. The van der Waals surface area contributed by atoms with Crippen LogP contribution in [0.1, 0.15) is 28.1 Å². The lowest BCUT2D eigenvalue weighted by Crippen LogP contribution is -2.45. The highest BCUT2D eigenvalue weighted by molar-refractivity contribution is 7.12. The minimum absolute atomic E-state index is 0.0595. The highest BCUT2D eigenvalue weighted by Gasteiger charge is 2.34. The molecule has 1 saturated heterocycles. The van der Waals surface area contributed by atoms with Gasteiger partial charge in [0.05, 0.1) is 4.88 Å². The summed E-state index contributed by atoms with van der Waals surface area (Å²) in [5, 5.41) is 4.81. The van der Waals surface area contributed by atoms with Crippen LogP contribution < -0.4 is 14.8 Å². The van der Waals surface area contributed by atoms with Crippen molar-refractivity contribution < 1.29 is 19.1 Å².